The van der Waals surface area contributed by atoms with Crippen molar-refractivity contribution in [1.29, 1.82) is 0 Å². The van der Waals surface area contributed by atoms with Crippen LogP contribution in [0.1, 0.15) is 40.0 Å². The summed E-state index contributed by atoms with van der Waals surface area (Å²) >= 11 is 5.31. The van der Waals surface area contributed by atoms with Crippen LogP contribution in [0.3, 0.4) is 0 Å². The number of thiocarbonyl (C=S) groups is 1. The second-order valence-electron chi connectivity index (χ2n) is 6.27. The van der Waals surface area contributed by atoms with Crippen LogP contribution >= 0.6 is 12.2 Å². The summed E-state index contributed by atoms with van der Waals surface area (Å²) < 4.78 is 0. The van der Waals surface area contributed by atoms with E-state index < -0.39 is 0 Å². The molecule has 0 heterocycles. The Kier molecular flexibility index (Phi) is 5.74. The smallest absolute Gasteiger partial charge is 0.191 e. The summed E-state index contributed by atoms with van der Waals surface area (Å²) in [4.78, 5) is 0. The van der Waals surface area contributed by atoms with E-state index in [0.717, 1.165) is 18.0 Å². The normalized spacial score (nSPS) is 24.1. The van der Waals surface area contributed by atoms with Crippen LogP contribution < -0.4 is 10.7 Å². The summed E-state index contributed by atoms with van der Waals surface area (Å²) in [6.07, 6.45) is 3.61. The summed E-state index contributed by atoms with van der Waals surface area (Å²) in [7, 11) is 0. The molecule has 0 aliphatic heterocycles. The largest absolute Gasteiger partial charge is 0.331 e. The maximum atomic E-state index is 5.31. The third kappa shape index (κ3) is 4.81. The fraction of sp³-hybridized carbons (Fsp3) is 0.529. The predicted octanol–water partition coefficient (Wildman–Crippen LogP) is 4.42. The lowest BCUT2D eigenvalue weighted by Gasteiger charge is -2.30. The molecule has 0 amide bonds. The number of nitrogens with one attached hydrogen (secondary N) is 2. The highest BCUT2D eigenvalue weighted by atomic mass is 32.1. The van der Waals surface area contributed by atoms with E-state index in [1.165, 1.54) is 18.6 Å². The molecule has 0 bridgehead atoms. The summed E-state index contributed by atoms with van der Waals surface area (Å²) in [5.41, 5.74) is 5.26. The van der Waals surface area contributed by atoms with Gasteiger partial charge in [0, 0.05) is 17.3 Å². The number of hydrogen-bond donors (Lipinski definition) is 2. The molecule has 1 aromatic rings. The van der Waals surface area contributed by atoms with Gasteiger partial charge in [0.1, 0.15) is 0 Å². The molecule has 1 fully saturated rings. The van der Waals surface area contributed by atoms with Crippen molar-refractivity contribution in [2.75, 3.05) is 5.32 Å². The van der Waals surface area contributed by atoms with E-state index in [9.17, 15) is 0 Å². The van der Waals surface area contributed by atoms with Gasteiger partial charge in [-0.1, -0.05) is 39.0 Å². The fourth-order valence-electron chi connectivity index (χ4n) is 2.89. The first kappa shape index (κ1) is 16.0. The van der Waals surface area contributed by atoms with Gasteiger partial charge in [0.05, 0.1) is 0 Å². The minimum Gasteiger partial charge on any atom is -0.331 e. The van der Waals surface area contributed by atoms with Crippen LogP contribution in [0.25, 0.3) is 0 Å². The first-order chi connectivity index (χ1) is 10.1. The van der Waals surface area contributed by atoms with Crippen molar-refractivity contribution in [1.82, 2.24) is 5.43 Å². The Morgan fingerprint density at radius 3 is 2.62 bits per heavy atom. The first-order valence-electron chi connectivity index (χ1n) is 7.74. The minimum atomic E-state index is 0.550. The number of benzene rings is 1. The molecule has 0 spiro atoms. The molecule has 4 heteroatoms. The average Bonchev–Trinajstić information content (AvgIpc) is 2.46. The van der Waals surface area contributed by atoms with Gasteiger partial charge in [-0.15, -0.1) is 0 Å². The first-order valence-corrected chi connectivity index (χ1v) is 8.15. The molecular weight excluding hydrogens is 278 g/mol. The Labute approximate surface area is 133 Å². The molecule has 21 heavy (non-hydrogen) atoms. The highest BCUT2D eigenvalue weighted by Crippen LogP contribution is 2.31. The van der Waals surface area contributed by atoms with Gasteiger partial charge in [-0.2, -0.15) is 5.10 Å². The third-order valence-electron chi connectivity index (χ3n) is 4.09. The maximum absolute atomic E-state index is 5.31. The Bertz CT molecular complexity index is 496. The summed E-state index contributed by atoms with van der Waals surface area (Å²) in [5, 5.41) is 8.30. The molecule has 0 saturated heterocycles. The molecule has 1 saturated carbocycles. The quantitative estimate of drug-likeness (QED) is 0.641. The van der Waals surface area contributed by atoms with E-state index in [0.29, 0.717) is 16.9 Å². The van der Waals surface area contributed by atoms with Crippen molar-refractivity contribution in [2.45, 2.75) is 40.0 Å². The molecule has 2 unspecified atom stereocenters. The van der Waals surface area contributed by atoms with E-state index in [1.54, 1.807) is 0 Å². The lowest BCUT2D eigenvalue weighted by Crippen LogP contribution is -2.32. The van der Waals surface area contributed by atoms with Crippen molar-refractivity contribution in [3.05, 3.63) is 30.3 Å². The highest BCUT2D eigenvalue weighted by Gasteiger charge is 2.27. The van der Waals surface area contributed by atoms with Gasteiger partial charge in [-0.3, -0.25) is 5.43 Å². The standard InChI is InChI=1S/C17H25N3S/c1-12(2)15-10-9-13(3)11-16(15)19-20-17(21)18-14-7-5-4-6-8-14/h4-8,12-13,15H,9-11H2,1-3H3,(H2,18,20,21)/b19-16+. The monoisotopic (exact) mass is 303 g/mol. The van der Waals surface area contributed by atoms with Crippen LogP contribution in [0.4, 0.5) is 5.69 Å². The van der Waals surface area contributed by atoms with Gasteiger partial charge in [0.25, 0.3) is 0 Å². The zero-order valence-corrected chi connectivity index (χ0v) is 13.9. The predicted molar refractivity (Wildman–Crippen MR) is 94.6 cm³/mol. The summed E-state index contributed by atoms with van der Waals surface area (Å²) in [6.45, 7) is 6.85. The fourth-order valence-corrected chi connectivity index (χ4v) is 3.05. The Morgan fingerprint density at radius 2 is 1.95 bits per heavy atom. The molecule has 0 radical (unpaired) electrons. The van der Waals surface area contributed by atoms with Crippen LogP contribution in [0, 0.1) is 17.8 Å². The van der Waals surface area contributed by atoms with Gasteiger partial charge in [-0.05, 0) is 55.4 Å². The van der Waals surface area contributed by atoms with Crippen LogP contribution in [-0.4, -0.2) is 10.8 Å². The molecule has 0 aromatic heterocycles. The number of hydrogen-bond acceptors (Lipinski definition) is 2. The highest BCUT2D eigenvalue weighted by molar-refractivity contribution is 7.80. The number of anilines is 1. The molecule has 2 rings (SSSR count). The summed E-state index contributed by atoms with van der Waals surface area (Å²) in [5.74, 6) is 1.93. The lowest BCUT2D eigenvalue weighted by molar-refractivity contribution is 0.363. The molecule has 114 valence electrons. The Balaban J connectivity index is 1.96. The van der Waals surface area contributed by atoms with E-state index in [1.807, 2.05) is 30.3 Å². The van der Waals surface area contributed by atoms with Crippen molar-refractivity contribution in [2.24, 2.45) is 22.9 Å². The van der Waals surface area contributed by atoms with Crippen molar-refractivity contribution in [3.8, 4) is 0 Å². The molecule has 1 aliphatic rings. The van der Waals surface area contributed by atoms with Gasteiger partial charge >= 0.3 is 0 Å². The molecule has 2 N–H and O–H groups in total. The second kappa shape index (κ2) is 7.55. The number of para-hydroxylation sites is 1. The topological polar surface area (TPSA) is 36.4 Å². The van der Waals surface area contributed by atoms with Crippen molar-refractivity contribution >= 4 is 28.7 Å². The zero-order valence-electron chi connectivity index (χ0n) is 13.1. The minimum absolute atomic E-state index is 0.550. The van der Waals surface area contributed by atoms with Crippen LogP contribution in [-0.2, 0) is 0 Å². The van der Waals surface area contributed by atoms with Crippen LogP contribution in [0.15, 0.2) is 35.4 Å². The van der Waals surface area contributed by atoms with Gasteiger partial charge in [0.15, 0.2) is 5.11 Å². The van der Waals surface area contributed by atoms with Gasteiger partial charge in [-0.25, -0.2) is 0 Å². The average molecular weight is 303 g/mol. The Morgan fingerprint density at radius 1 is 1.24 bits per heavy atom. The van der Waals surface area contributed by atoms with Gasteiger partial charge in [0.2, 0.25) is 0 Å². The van der Waals surface area contributed by atoms with Crippen LogP contribution in [0.5, 0.6) is 0 Å². The number of rotatable bonds is 3. The molecule has 2 atom stereocenters. The molecule has 1 aromatic carbocycles. The van der Waals surface area contributed by atoms with Crippen LogP contribution in [0.2, 0.25) is 0 Å². The van der Waals surface area contributed by atoms with E-state index >= 15 is 0 Å². The van der Waals surface area contributed by atoms with E-state index in [-0.39, 0.29) is 0 Å². The number of hydrazone groups is 1. The Hall–Kier alpha value is -1.42. The molecule has 3 nitrogen and oxygen atoms in total. The lowest BCUT2D eigenvalue weighted by atomic mass is 9.76. The van der Waals surface area contributed by atoms with E-state index in [2.05, 4.69) is 36.6 Å². The van der Waals surface area contributed by atoms with Crippen molar-refractivity contribution in [3.63, 3.8) is 0 Å². The van der Waals surface area contributed by atoms with Gasteiger partial charge < -0.3 is 5.32 Å². The second-order valence-corrected chi connectivity index (χ2v) is 6.68. The molecule has 1 aliphatic carbocycles. The molecular formula is C17H25N3S. The van der Waals surface area contributed by atoms with Crippen molar-refractivity contribution < 1.29 is 0 Å². The van der Waals surface area contributed by atoms with E-state index in [4.69, 9.17) is 12.2 Å². The number of nitrogens with zero attached hydrogens (tertiary/aromatic N) is 1. The zero-order chi connectivity index (χ0) is 15.2. The SMILES string of the molecule is CC1CCC(C(C)C)/C(=N/NC(=S)Nc2ccccc2)C1. The third-order valence-corrected chi connectivity index (χ3v) is 4.29. The summed E-state index contributed by atoms with van der Waals surface area (Å²) in [6, 6.07) is 9.92. The maximum Gasteiger partial charge on any atom is 0.191 e.